The van der Waals surface area contributed by atoms with Crippen molar-refractivity contribution < 1.29 is 23.8 Å². The van der Waals surface area contributed by atoms with Crippen LogP contribution in [-0.2, 0) is 14.3 Å². The van der Waals surface area contributed by atoms with Crippen molar-refractivity contribution in [3.05, 3.63) is 23.8 Å². The van der Waals surface area contributed by atoms with E-state index in [-0.39, 0.29) is 23.8 Å². The third-order valence-electron chi connectivity index (χ3n) is 4.93. The van der Waals surface area contributed by atoms with Crippen LogP contribution in [0, 0.1) is 5.92 Å². The predicted molar refractivity (Wildman–Crippen MR) is 95.2 cm³/mol. The first-order chi connectivity index (χ1) is 12.6. The molecule has 1 aromatic rings. The lowest BCUT2D eigenvalue weighted by Crippen LogP contribution is -2.43. The van der Waals surface area contributed by atoms with Crippen molar-refractivity contribution >= 4 is 11.9 Å². The molecule has 0 saturated carbocycles. The molecule has 0 unspecified atom stereocenters. The summed E-state index contributed by atoms with van der Waals surface area (Å²) in [5.41, 5.74) is 0.979. The monoisotopic (exact) mass is 362 g/mol. The number of ether oxygens (including phenoxy) is 3. The van der Waals surface area contributed by atoms with Gasteiger partial charge in [0.1, 0.15) is 13.2 Å². The van der Waals surface area contributed by atoms with Crippen LogP contribution in [0.1, 0.15) is 31.4 Å². The summed E-state index contributed by atoms with van der Waals surface area (Å²) < 4.78 is 15.9. The van der Waals surface area contributed by atoms with E-state index in [0.29, 0.717) is 19.8 Å². The molecule has 0 aromatic heterocycles. The van der Waals surface area contributed by atoms with E-state index in [0.717, 1.165) is 43.0 Å². The third-order valence-corrected chi connectivity index (χ3v) is 4.93. The average molecular weight is 362 g/mol. The summed E-state index contributed by atoms with van der Waals surface area (Å²) in [5.74, 6) is 1.24. The summed E-state index contributed by atoms with van der Waals surface area (Å²) in [4.78, 5) is 26.0. The van der Waals surface area contributed by atoms with Crippen molar-refractivity contribution in [3.63, 3.8) is 0 Å². The number of fused-ring (bicyclic) bond motifs is 1. The molecular weight excluding hydrogens is 336 g/mol. The molecule has 7 nitrogen and oxygen atoms in total. The lowest BCUT2D eigenvalue weighted by atomic mass is 9.97. The quantitative estimate of drug-likeness (QED) is 0.801. The van der Waals surface area contributed by atoms with E-state index in [2.05, 4.69) is 10.2 Å². The summed E-state index contributed by atoms with van der Waals surface area (Å²) in [7, 11) is 1.42. The standard InChI is InChI=1S/C19H26N2O5/c1-13(15-3-4-16-17(11-15)26-10-9-25-16)20-18(22)12-21-7-5-14(6-8-21)19(23)24-2/h3-4,11,13-14H,5-10,12H2,1-2H3,(H,20,22)/t13-/m0/s1. The number of likely N-dealkylation sites (tertiary alicyclic amines) is 1. The van der Waals surface area contributed by atoms with Gasteiger partial charge < -0.3 is 19.5 Å². The Kier molecular flexibility index (Phi) is 5.98. The average Bonchev–Trinajstić information content (AvgIpc) is 2.67. The molecule has 0 radical (unpaired) electrons. The van der Waals surface area contributed by atoms with Gasteiger partial charge in [-0.25, -0.2) is 0 Å². The number of amides is 1. The molecule has 142 valence electrons. The Labute approximate surface area is 153 Å². The van der Waals surface area contributed by atoms with Gasteiger partial charge in [-0.1, -0.05) is 6.07 Å². The van der Waals surface area contributed by atoms with Crippen molar-refractivity contribution in [2.24, 2.45) is 5.92 Å². The maximum Gasteiger partial charge on any atom is 0.308 e. The number of carbonyl (C=O) groups excluding carboxylic acids is 2. The number of methoxy groups -OCH3 is 1. The zero-order valence-corrected chi connectivity index (χ0v) is 15.3. The van der Waals surface area contributed by atoms with Gasteiger partial charge in [0.15, 0.2) is 11.5 Å². The van der Waals surface area contributed by atoms with Gasteiger partial charge >= 0.3 is 5.97 Å². The van der Waals surface area contributed by atoms with Gasteiger partial charge in [0.25, 0.3) is 0 Å². The first-order valence-corrected chi connectivity index (χ1v) is 9.06. The van der Waals surface area contributed by atoms with Crippen molar-refractivity contribution in [2.75, 3.05) is 40.0 Å². The van der Waals surface area contributed by atoms with E-state index >= 15 is 0 Å². The SMILES string of the molecule is COC(=O)C1CCN(CC(=O)N[C@@H](C)c2ccc3c(c2)OCCO3)CC1. The Morgan fingerprint density at radius 3 is 2.62 bits per heavy atom. The van der Waals surface area contributed by atoms with E-state index in [9.17, 15) is 9.59 Å². The lowest BCUT2D eigenvalue weighted by Gasteiger charge is -2.30. The number of esters is 1. The van der Waals surface area contributed by atoms with E-state index in [1.54, 1.807) is 0 Å². The minimum Gasteiger partial charge on any atom is -0.486 e. The number of hydrogen-bond donors (Lipinski definition) is 1. The summed E-state index contributed by atoms with van der Waals surface area (Å²) in [6.45, 7) is 4.84. The number of nitrogens with one attached hydrogen (secondary N) is 1. The Bertz CT molecular complexity index is 655. The highest BCUT2D eigenvalue weighted by molar-refractivity contribution is 5.78. The minimum atomic E-state index is -0.152. The minimum absolute atomic E-state index is 0.0242. The fourth-order valence-corrected chi connectivity index (χ4v) is 3.40. The van der Waals surface area contributed by atoms with Crippen LogP contribution in [0.15, 0.2) is 18.2 Å². The molecule has 2 aliphatic heterocycles. The van der Waals surface area contributed by atoms with Gasteiger partial charge in [0.2, 0.25) is 5.91 Å². The Morgan fingerprint density at radius 2 is 1.92 bits per heavy atom. The molecule has 7 heteroatoms. The number of nitrogens with zero attached hydrogens (tertiary/aromatic N) is 1. The summed E-state index contributed by atoms with van der Waals surface area (Å²) in [6.07, 6.45) is 1.47. The molecule has 0 bridgehead atoms. The molecule has 1 atom stereocenters. The summed E-state index contributed by atoms with van der Waals surface area (Å²) in [6, 6.07) is 5.62. The number of hydrogen-bond acceptors (Lipinski definition) is 6. The molecule has 1 saturated heterocycles. The van der Waals surface area contributed by atoms with Gasteiger partial charge in [0, 0.05) is 0 Å². The molecule has 26 heavy (non-hydrogen) atoms. The molecule has 1 fully saturated rings. The summed E-state index contributed by atoms with van der Waals surface area (Å²) in [5, 5.41) is 3.03. The van der Waals surface area contributed by atoms with Gasteiger partial charge in [0.05, 0.1) is 25.6 Å². The Morgan fingerprint density at radius 1 is 1.23 bits per heavy atom. The van der Waals surface area contributed by atoms with Gasteiger partial charge in [-0.05, 0) is 50.6 Å². The number of benzene rings is 1. The molecular formula is C19H26N2O5. The molecule has 2 aliphatic rings. The number of piperidine rings is 1. The fourth-order valence-electron chi connectivity index (χ4n) is 3.40. The highest BCUT2D eigenvalue weighted by Crippen LogP contribution is 2.32. The summed E-state index contributed by atoms with van der Waals surface area (Å²) >= 11 is 0. The van der Waals surface area contributed by atoms with Crippen LogP contribution >= 0.6 is 0 Å². The molecule has 1 N–H and O–H groups in total. The lowest BCUT2D eigenvalue weighted by molar-refractivity contribution is -0.147. The highest BCUT2D eigenvalue weighted by atomic mass is 16.6. The molecule has 0 aliphatic carbocycles. The predicted octanol–water partition coefficient (Wildman–Crippen LogP) is 1.52. The van der Waals surface area contributed by atoms with Crippen LogP contribution in [-0.4, -0.2) is 56.7 Å². The van der Waals surface area contributed by atoms with Crippen LogP contribution in [0.4, 0.5) is 0 Å². The van der Waals surface area contributed by atoms with Gasteiger partial charge in [-0.2, -0.15) is 0 Å². The second-order valence-electron chi connectivity index (χ2n) is 6.77. The normalized spacial score (nSPS) is 18.8. The molecule has 1 amide bonds. The largest absolute Gasteiger partial charge is 0.486 e. The fraction of sp³-hybridized carbons (Fsp3) is 0.579. The maximum absolute atomic E-state index is 12.4. The highest BCUT2D eigenvalue weighted by Gasteiger charge is 2.26. The molecule has 1 aromatic carbocycles. The van der Waals surface area contributed by atoms with E-state index in [1.165, 1.54) is 7.11 Å². The van der Waals surface area contributed by atoms with Crippen molar-refractivity contribution in [2.45, 2.75) is 25.8 Å². The van der Waals surface area contributed by atoms with E-state index in [4.69, 9.17) is 14.2 Å². The number of rotatable bonds is 5. The van der Waals surface area contributed by atoms with Crippen LogP contribution in [0.2, 0.25) is 0 Å². The first kappa shape index (κ1) is 18.5. The van der Waals surface area contributed by atoms with E-state index < -0.39 is 0 Å². The smallest absolute Gasteiger partial charge is 0.308 e. The zero-order chi connectivity index (χ0) is 18.5. The van der Waals surface area contributed by atoms with Crippen LogP contribution in [0.3, 0.4) is 0 Å². The van der Waals surface area contributed by atoms with Gasteiger partial charge in [-0.3, -0.25) is 14.5 Å². The molecule has 0 spiro atoms. The van der Waals surface area contributed by atoms with Crippen LogP contribution < -0.4 is 14.8 Å². The topological polar surface area (TPSA) is 77.1 Å². The molecule has 2 heterocycles. The van der Waals surface area contributed by atoms with Gasteiger partial charge in [-0.15, -0.1) is 0 Å². The molecule has 3 rings (SSSR count). The zero-order valence-electron chi connectivity index (χ0n) is 15.3. The Balaban J connectivity index is 1.48. The number of carbonyl (C=O) groups is 2. The second kappa shape index (κ2) is 8.40. The second-order valence-corrected chi connectivity index (χ2v) is 6.77. The van der Waals surface area contributed by atoms with Crippen LogP contribution in [0.25, 0.3) is 0 Å². The van der Waals surface area contributed by atoms with Crippen molar-refractivity contribution in [1.82, 2.24) is 10.2 Å². The Hall–Kier alpha value is -2.28. The van der Waals surface area contributed by atoms with Crippen LogP contribution in [0.5, 0.6) is 11.5 Å². The van der Waals surface area contributed by atoms with Crippen molar-refractivity contribution in [3.8, 4) is 11.5 Å². The third kappa shape index (κ3) is 4.46. The van der Waals surface area contributed by atoms with E-state index in [1.807, 2.05) is 25.1 Å². The maximum atomic E-state index is 12.4. The van der Waals surface area contributed by atoms with Crippen molar-refractivity contribution in [1.29, 1.82) is 0 Å². The first-order valence-electron chi connectivity index (χ1n) is 9.06.